The largest absolute Gasteiger partial charge is 0.0625 e. The first-order valence-corrected chi connectivity index (χ1v) is 9.34. The molecule has 0 heterocycles. The average Bonchev–Trinajstić information content (AvgIpc) is 2.44. The van der Waals surface area contributed by atoms with Crippen molar-refractivity contribution in [2.75, 3.05) is 0 Å². The molecule has 0 aliphatic heterocycles. The van der Waals surface area contributed by atoms with E-state index in [1.54, 1.807) is 44.9 Å². The monoisotopic (exact) mass is 262 g/mol. The smallest absolute Gasteiger partial charge is 0.0355 e. The standard InChI is InChI=1S/C19H34/c1-15-7-5-11-19-17(14-13-15)10-6-12-18(19)16-8-3-2-4-9-16/h15-19H,2-14H2,1H3. The van der Waals surface area contributed by atoms with Crippen LogP contribution in [0.4, 0.5) is 0 Å². The van der Waals surface area contributed by atoms with Crippen LogP contribution in [0.2, 0.25) is 0 Å². The molecule has 0 aromatic rings. The summed E-state index contributed by atoms with van der Waals surface area (Å²) in [6, 6.07) is 0. The first-order valence-electron chi connectivity index (χ1n) is 9.34. The number of rotatable bonds is 1. The third kappa shape index (κ3) is 3.37. The molecule has 0 radical (unpaired) electrons. The van der Waals surface area contributed by atoms with Gasteiger partial charge in [0.25, 0.3) is 0 Å². The molecule has 3 aliphatic rings. The Kier molecular flexibility index (Phi) is 4.87. The molecular weight excluding hydrogens is 228 g/mol. The minimum Gasteiger partial charge on any atom is -0.0625 e. The van der Waals surface area contributed by atoms with Crippen LogP contribution in [0.5, 0.6) is 0 Å². The molecule has 4 unspecified atom stereocenters. The van der Waals surface area contributed by atoms with E-state index in [2.05, 4.69) is 6.92 Å². The molecule has 19 heavy (non-hydrogen) atoms. The topological polar surface area (TPSA) is 0 Å². The van der Waals surface area contributed by atoms with Crippen molar-refractivity contribution >= 4 is 0 Å². The summed E-state index contributed by atoms with van der Waals surface area (Å²) < 4.78 is 0. The van der Waals surface area contributed by atoms with E-state index < -0.39 is 0 Å². The molecule has 3 rings (SSSR count). The second-order valence-corrected chi connectivity index (χ2v) is 8.03. The van der Waals surface area contributed by atoms with Crippen molar-refractivity contribution in [1.29, 1.82) is 0 Å². The Hall–Kier alpha value is 0. The van der Waals surface area contributed by atoms with Gasteiger partial charge >= 0.3 is 0 Å². The van der Waals surface area contributed by atoms with E-state index in [4.69, 9.17) is 0 Å². The normalized spacial score (nSPS) is 42.2. The van der Waals surface area contributed by atoms with Crippen LogP contribution < -0.4 is 0 Å². The zero-order chi connectivity index (χ0) is 13.1. The summed E-state index contributed by atoms with van der Waals surface area (Å²) in [5.41, 5.74) is 0. The lowest BCUT2D eigenvalue weighted by Crippen LogP contribution is -2.35. The van der Waals surface area contributed by atoms with Crippen LogP contribution in [0, 0.1) is 29.6 Å². The fraction of sp³-hybridized carbons (Fsp3) is 1.00. The second-order valence-electron chi connectivity index (χ2n) is 8.03. The highest BCUT2D eigenvalue weighted by Gasteiger charge is 2.37. The van der Waals surface area contributed by atoms with E-state index >= 15 is 0 Å². The van der Waals surface area contributed by atoms with Gasteiger partial charge in [-0.15, -0.1) is 0 Å². The van der Waals surface area contributed by atoms with Crippen LogP contribution in [0.15, 0.2) is 0 Å². The Morgan fingerprint density at radius 3 is 1.79 bits per heavy atom. The highest BCUT2D eigenvalue weighted by Crippen LogP contribution is 2.48. The number of fused-ring (bicyclic) bond motifs is 1. The van der Waals surface area contributed by atoms with E-state index in [0.29, 0.717) is 0 Å². The van der Waals surface area contributed by atoms with Gasteiger partial charge in [0.15, 0.2) is 0 Å². The second kappa shape index (κ2) is 6.64. The minimum atomic E-state index is 1.01. The van der Waals surface area contributed by atoms with Crippen molar-refractivity contribution in [2.45, 2.75) is 90.4 Å². The van der Waals surface area contributed by atoms with Crippen molar-refractivity contribution in [2.24, 2.45) is 29.6 Å². The molecular formula is C19H34. The summed E-state index contributed by atoms with van der Waals surface area (Å²) in [5.74, 6) is 5.51. The van der Waals surface area contributed by atoms with Crippen molar-refractivity contribution in [3.05, 3.63) is 0 Å². The highest BCUT2D eigenvalue weighted by molar-refractivity contribution is 4.88. The SMILES string of the molecule is CC1CCCC2C(CCCC2C2CCCCC2)CC1. The summed E-state index contributed by atoms with van der Waals surface area (Å²) in [4.78, 5) is 0. The molecule has 110 valence electrons. The van der Waals surface area contributed by atoms with Gasteiger partial charge in [-0.1, -0.05) is 71.1 Å². The molecule has 3 aliphatic carbocycles. The number of hydrogen-bond acceptors (Lipinski definition) is 0. The minimum absolute atomic E-state index is 1.01. The Labute approximate surface area is 120 Å². The lowest BCUT2D eigenvalue weighted by Gasteiger charge is -2.45. The van der Waals surface area contributed by atoms with Crippen molar-refractivity contribution in [3.8, 4) is 0 Å². The highest BCUT2D eigenvalue weighted by atomic mass is 14.4. The predicted molar refractivity (Wildman–Crippen MR) is 83.1 cm³/mol. The molecule has 0 nitrogen and oxygen atoms in total. The number of hydrogen-bond donors (Lipinski definition) is 0. The maximum atomic E-state index is 2.49. The quantitative estimate of drug-likeness (QED) is 0.528. The fourth-order valence-electron chi connectivity index (χ4n) is 5.69. The van der Waals surface area contributed by atoms with Crippen molar-refractivity contribution in [1.82, 2.24) is 0 Å². The van der Waals surface area contributed by atoms with Gasteiger partial charge in [-0.2, -0.15) is 0 Å². The van der Waals surface area contributed by atoms with E-state index in [1.807, 2.05) is 0 Å². The first kappa shape index (κ1) is 14.0. The van der Waals surface area contributed by atoms with Crippen molar-refractivity contribution in [3.63, 3.8) is 0 Å². The van der Waals surface area contributed by atoms with Crippen LogP contribution in [0.3, 0.4) is 0 Å². The van der Waals surface area contributed by atoms with E-state index in [1.165, 1.54) is 38.5 Å². The molecule has 4 atom stereocenters. The molecule has 0 N–H and O–H groups in total. The molecule has 3 saturated carbocycles. The summed E-state index contributed by atoms with van der Waals surface area (Å²) in [7, 11) is 0. The van der Waals surface area contributed by atoms with Crippen LogP contribution in [0.1, 0.15) is 90.4 Å². The lowest BCUT2D eigenvalue weighted by molar-refractivity contribution is 0.0568. The predicted octanol–water partition coefficient (Wildman–Crippen LogP) is 6.20. The summed E-state index contributed by atoms with van der Waals surface area (Å²) in [6.45, 7) is 2.49. The van der Waals surface area contributed by atoms with Crippen LogP contribution >= 0.6 is 0 Å². The van der Waals surface area contributed by atoms with Gasteiger partial charge in [-0.25, -0.2) is 0 Å². The van der Waals surface area contributed by atoms with Gasteiger partial charge in [-0.05, 0) is 48.9 Å². The zero-order valence-corrected chi connectivity index (χ0v) is 13.1. The van der Waals surface area contributed by atoms with Gasteiger partial charge < -0.3 is 0 Å². The summed E-state index contributed by atoms with van der Waals surface area (Å²) in [6.07, 6.45) is 20.2. The van der Waals surface area contributed by atoms with Crippen molar-refractivity contribution < 1.29 is 0 Å². The van der Waals surface area contributed by atoms with Crippen LogP contribution in [-0.4, -0.2) is 0 Å². The summed E-state index contributed by atoms with van der Waals surface area (Å²) >= 11 is 0. The Bertz CT molecular complexity index is 263. The molecule has 0 amide bonds. The third-order valence-corrected chi connectivity index (χ3v) is 6.79. The lowest BCUT2D eigenvalue weighted by atomic mass is 9.61. The summed E-state index contributed by atoms with van der Waals surface area (Å²) in [5, 5.41) is 0. The van der Waals surface area contributed by atoms with Gasteiger partial charge in [0, 0.05) is 0 Å². The molecule has 0 heteroatoms. The molecule has 0 aromatic carbocycles. The Balaban J connectivity index is 1.66. The molecule has 0 aromatic heterocycles. The molecule has 3 fully saturated rings. The van der Waals surface area contributed by atoms with E-state index in [0.717, 1.165) is 29.6 Å². The fourth-order valence-corrected chi connectivity index (χ4v) is 5.69. The molecule has 0 spiro atoms. The van der Waals surface area contributed by atoms with Gasteiger partial charge in [0.1, 0.15) is 0 Å². The molecule has 0 saturated heterocycles. The Morgan fingerprint density at radius 1 is 0.474 bits per heavy atom. The van der Waals surface area contributed by atoms with Crippen LogP contribution in [-0.2, 0) is 0 Å². The van der Waals surface area contributed by atoms with Gasteiger partial charge in [-0.3, -0.25) is 0 Å². The zero-order valence-electron chi connectivity index (χ0n) is 13.1. The van der Waals surface area contributed by atoms with Gasteiger partial charge in [0.2, 0.25) is 0 Å². The third-order valence-electron chi connectivity index (χ3n) is 6.79. The van der Waals surface area contributed by atoms with Gasteiger partial charge in [0.05, 0.1) is 0 Å². The average molecular weight is 262 g/mol. The first-order chi connectivity index (χ1) is 9.34. The van der Waals surface area contributed by atoms with Crippen LogP contribution in [0.25, 0.3) is 0 Å². The maximum absolute atomic E-state index is 2.49. The molecule has 0 bridgehead atoms. The van der Waals surface area contributed by atoms with E-state index in [-0.39, 0.29) is 0 Å². The maximum Gasteiger partial charge on any atom is -0.0355 e. The van der Waals surface area contributed by atoms with E-state index in [9.17, 15) is 0 Å². The Morgan fingerprint density at radius 2 is 1.05 bits per heavy atom.